The first kappa shape index (κ1) is 17.4. The lowest BCUT2D eigenvalue weighted by Gasteiger charge is -2.23. The van der Waals surface area contributed by atoms with E-state index < -0.39 is 11.9 Å². The molecule has 0 unspecified atom stereocenters. The second kappa shape index (κ2) is 6.82. The topological polar surface area (TPSA) is 37.3 Å². The SMILES string of the molecule is FC(F)(F)CSc1c(Cl)cc(Cl)c2c1CN=C(c1cccnc1)N2. The summed E-state index contributed by atoms with van der Waals surface area (Å²) >= 11 is 12.9. The van der Waals surface area contributed by atoms with E-state index in [1.807, 2.05) is 6.07 Å². The number of halogens is 5. The van der Waals surface area contributed by atoms with E-state index in [4.69, 9.17) is 23.2 Å². The fourth-order valence-corrected chi connectivity index (χ4v) is 3.79. The number of hydrogen-bond acceptors (Lipinski definition) is 4. The Balaban J connectivity index is 1.95. The van der Waals surface area contributed by atoms with Crippen LogP contribution in [-0.2, 0) is 6.54 Å². The van der Waals surface area contributed by atoms with Crippen LogP contribution < -0.4 is 5.32 Å². The number of thioether (sulfide) groups is 1. The molecular formula is C15H10Cl2F3N3S. The van der Waals surface area contributed by atoms with Gasteiger partial charge in [0.05, 0.1) is 28.0 Å². The fourth-order valence-electron chi connectivity index (χ4n) is 2.23. The summed E-state index contributed by atoms with van der Waals surface area (Å²) in [6, 6.07) is 5.04. The molecule has 0 saturated carbocycles. The number of aromatic nitrogens is 1. The van der Waals surface area contributed by atoms with E-state index >= 15 is 0 Å². The van der Waals surface area contributed by atoms with Gasteiger partial charge in [-0.2, -0.15) is 13.2 Å². The van der Waals surface area contributed by atoms with Crippen LogP contribution in [0.15, 0.2) is 40.5 Å². The first-order valence-corrected chi connectivity index (χ1v) is 8.51. The van der Waals surface area contributed by atoms with Gasteiger partial charge in [0.1, 0.15) is 5.84 Å². The molecule has 0 saturated heterocycles. The molecule has 24 heavy (non-hydrogen) atoms. The van der Waals surface area contributed by atoms with Gasteiger partial charge in [0.15, 0.2) is 0 Å². The molecule has 0 atom stereocenters. The Bertz CT molecular complexity index is 795. The summed E-state index contributed by atoms with van der Waals surface area (Å²) in [6.07, 6.45) is -1.01. The van der Waals surface area contributed by atoms with Gasteiger partial charge in [0.25, 0.3) is 0 Å². The first-order valence-electron chi connectivity index (χ1n) is 6.77. The van der Waals surface area contributed by atoms with Gasteiger partial charge in [0.2, 0.25) is 0 Å². The van der Waals surface area contributed by atoms with E-state index in [9.17, 15) is 13.2 Å². The van der Waals surface area contributed by atoms with Gasteiger partial charge in [-0.3, -0.25) is 9.98 Å². The van der Waals surface area contributed by atoms with Crippen LogP contribution in [0.2, 0.25) is 10.0 Å². The quantitative estimate of drug-likeness (QED) is 0.710. The van der Waals surface area contributed by atoms with Crippen LogP contribution in [-0.4, -0.2) is 22.7 Å². The summed E-state index contributed by atoms with van der Waals surface area (Å²) in [5.74, 6) is -0.466. The summed E-state index contributed by atoms with van der Waals surface area (Å²) in [7, 11) is 0. The molecule has 0 amide bonds. The van der Waals surface area contributed by atoms with Crippen LogP contribution >= 0.6 is 35.0 Å². The standard InChI is InChI=1S/C15H10Cl2F3N3S/c16-10-4-11(17)13(24-7-15(18,19)20)9-6-22-14(23-12(9)10)8-2-1-3-21-5-8/h1-5H,6-7H2,(H,22,23). The first-order chi connectivity index (χ1) is 11.3. The van der Waals surface area contributed by atoms with Crippen molar-refractivity contribution in [3.05, 3.63) is 51.8 Å². The van der Waals surface area contributed by atoms with Crippen LogP contribution in [0.5, 0.6) is 0 Å². The number of aliphatic imine (C=N–C) groups is 1. The van der Waals surface area contributed by atoms with E-state index in [0.29, 0.717) is 38.8 Å². The number of nitrogens with one attached hydrogen (secondary N) is 1. The Hall–Kier alpha value is -1.44. The maximum absolute atomic E-state index is 12.5. The van der Waals surface area contributed by atoms with E-state index in [-0.39, 0.29) is 11.6 Å². The predicted molar refractivity (Wildman–Crippen MR) is 91.3 cm³/mol. The summed E-state index contributed by atoms with van der Waals surface area (Å²) in [4.78, 5) is 8.75. The number of benzene rings is 1. The normalized spacial score (nSPS) is 14.0. The minimum absolute atomic E-state index is 0.188. The lowest BCUT2D eigenvalue weighted by Crippen LogP contribution is -2.20. The lowest BCUT2D eigenvalue weighted by atomic mass is 10.1. The number of nitrogens with zero attached hydrogens (tertiary/aromatic N) is 2. The molecule has 1 aromatic carbocycles. The van der Waals surface area contributed by atoms with Crippen molar-refractivity contribution in [3.63, 3.8) is 0 Å². The average Bonchev–Trinajstić information content (AvgIpc) is 2.54. The highest BCUT2D eigenvalue weighted by Crippen LogP contribution is 2.43. The van der Waals surface area contributed by atoms with E-state index in [0.717, 1.165) is 5.56 Å². The van der Waals surface area contributed by atoms with E-state index in [1.54, 1.807) is 18.5 Å². The Morgan fingerprint density at radius 1 is 1.25 bits per heavy atom. The maximum Gasteiger partial charge on any atom is 0.398 e. The molecule has 1 N–H and O–H groups in total. The van der Waals surface area contributed by atoms with Gasteiger partial charge in [-0.15, -0.1) is 11.8 Å². The molecule has 1 aliphatic heterocycles. The second-order valence-electron chi connectivity index (χ2n) is 4.96. The molecule has 0 bridgehead atoms. The van der Waals surface area contributed by atoms with Gasteiger partial charge in [0, 0.05) is 28.4 Å². The minimum Gasteiger partial charge on any atom is -0.338 e. The molecule has 0 aliphatic carbocycles. The molecular weight excluding hydrogens is 382 g/mol. The Kier molecular flexibility index (Phi) is 4.94. The molecule has 0 fully saturated rings. The summed E-state index contributed by atoms with van der Waals surface area (Å²) in [6.45, 7) is 0.188. The number of rotatable bonds is 3. The molecule has 2 aromatic rings. The minimum atomic E-state index is -4.28. The second-order valence-corrected chi connectivity index (χ2v) is 6.76. The number of anilines is 1. The van der Waals surface area contributed by atoms with Crippen molar-refractivity contribution in [1.29, 1.82) is 0 Å². The Labute approximate surface area is 150 Å². The van der Waals surface area contributed by atoms with Crippen molar-refractivity contribution in [3.8, 4) is 0 Å². The van der Waals surface area contributed by atoms with Crippen molar-refractivity contribution < 1.29 is 13.2 Å². The van der Waals surface area contributed by atoms with Crippen LogP contribution in [0.4, 0.5) is 18.9 Å². The highest BCUT2D eigenvalue weighted by atomic mass is 35.5. The Morgan fingerprint density at radius 2 is 2.04 bits per heavy atom. The molecule has 0 spiro atoms. The largest absolute Gasteiger partial charge is 0.398 e. The average molecular weight is 392 g/mol. The van der Waals surface area contributed by atoms with Gasteiger partial charge < -0.3 is 5.32 Å². The van der Waals surface area contributed by atoms with E-state index in [2.05, 4.69) is 15.3 Å². The molecule has 1 aromatic heterocycles. The van der Waals surface area contributed by atoms with Crippen LogP contribution in [0.3, 0.4) is 0 Å². The molecule has 3 nitrogen and oxygen atoms in total. The zero-order valence-electron chi connectivity index (χ0n) is 12.0. The van der Waals surface area contributed by atoms with E-state index in [1.165, 1.54) is 6.07 Å². The monoisotopic (exact) mass is 391 g/mol. The third kappa shape index (κ3) is 3.79. The number of amidine groups is 1. The third-order valence-electron chi connectivity index (χ3n) is 3.24. The van der Waals surface area contributed by atoms with Crippen LogP contribution in [0.25, 0.3) is 0 Å². The van der Waals surface area contributed by atoms with Crippen molar-refractivity contribution in [2.24, 2.45) is 4.99 Å². The van der Waals surface area contributed by atoms with Crippen molar-refractivity contribution in [2.45, 2.75) is 17.6 Å². The van der Waals surface area contributed by atoms with Crippen LogP contribution in [0.1, 0.15) is 11.1 Å². The number of pyridine rings is 1. The number of fused-ring (bicyclic) bond motifs is 1. The fraction of sp³-hybridized carbons (Fsp3) is 0.200. The summed E-state index contributed by atoms with van der Waals surface area (Å²) in [5, 5.41) is 3.60. The lowest BCUT2D eigenvalue weighted by molar-refractivity contribution is -0.105. The van der Waals surface area contributed by atoms with Crippen molar-refractivity contribution in [2.75, 3.05) is 11.1 Å². The number of alkyl halides is 3. The highest BCUT2D eigenvalue weighted by Gasteiger charge is 2.30. The maximum atomic E-state index is 12.5. The van der Waals surface area contributed by atoms with Crippen molar-refractivity contribution in [1.82, 2.24) is 4.98 Å². The van der Waals surface area contributed by atoms with Gasteiger partial charge in [-0.05, 0) is 18.2 Å². The van der Waals surface area contributed by atoms with Crippen molar-refractivity contribution >= 4 is 46.5 Å². The zero-order chi connectivity index (χ0) is 17.3. The molecule has 9 heteroatoms. The molecule has 3 rings (SSSR count). The Morgan fingerprint density at radius 3 is 2.71 bits per heavy atom. The smallest absolute Gasteiger partial charge is 0.338 e. The van der Waals surface area contributed by atoms with Gasteiger partial charge >= 0.3 is 6.18 Å². The van der Waals surface area contributed by atoms with Crippen LogP contribution in [0, 0.1) is 0 Å². The summed E-state index contributed by atoms with van der Waals surface area (Å²) < 4.78 is 37.6. The van der Waals surface area contributed by atoms with Gasteiger partial charge in [-0.25, -0.2) is 0 Å². The zero-order valence-corrected chi connectivity index (χ0v) is 14.3. The predicted octanol–water partition coefficient (Wildman–Crippen LogP) is 5.42. The summed E-state index contributed by atoms with van der Waals surface area (Å²) in [5.41, 5.74) is 1.85. The highest BCUT2D eigenvalue weighted by molar-refractivity contribution is 7.99. The molecule has 126 valence electrons. The number of hydrogen-bond donors (Lipinski definition) is 1. The molecule has 2 heterocycles. The third-order valence-corrected chi connectivity index (χ3v) is 5.17. The molecule has 1 aliphatic rings. The molecule has 0 radical (unpaired) electrons. The van der Waals surface area contributed by atoms with Gasteiger partial charge in [-0.1, -0.05) is 23.2 Å².